The van der Waals surface area contributed by atoms with Crippen LogP contribution in [-0.2, 0) is 28.7 Å². The number of fused-ring (bicyclic) bond motifs is 1. The topological polar surface area (TPSA) is 119 Å². The lowest BCUT2D eigenvalue weighted by atomic mass is 9.81. The molecule has 1 saturated carbocycles. The molecule has 0 spiro atoms. The SMILES string of the molecule is CCOC(=O)NC(=O)COC(=O)CN1C(=O)C2CCCCC2C1=O. The molecule has 1 heterocycles. The van der Waals surface area contributed by atoms with Crippen molar-refractivity contribution in [2.24, 2.45) is 11.8 Å². The lowest BCUT2D eigenvalue weighted by Crippen LogP contribution is -2.39. The monoisotopic (exact) mass is 340 g/mol. The summed E-state index contributed by atoms with van der Waals surface area (Å²) in [6, 6.07) is 0. The number of hydrogen-bond acceptors (Lipinski definition) is 7. The van der Waals surface area contributed by atoms with Crippen LogP contribution in [0.3, 0.4) is 0 Å². The molecule has 0 radical (unpaired) electrons. The summed E-state index contributed by atoms with van der Waals surface area (Å²) in [5.74, 6) is -3.11. The molecule has 2 rings (SSSR count). The molecule has 4 amide bonds. The number of imide groups is 2. The number of carbonyl (C=O) groups is 5. The molecule has 1 N–H and O–H groups in total. The number of likely N-dealkylation sites (tertiary alicyclic amines) is 1. The maximum absolute atomic E-state index is 12.2. The van der Waals surface area contributed by atoms with Gasteiger partial charge < -0.3 is 9.47 Å². The van der Waals surface area contributed by atoms with Crippen molar-refractivity contribution >= 4 is 29.8 Å². The van der Waals surface area contributed by atoms with E-state index in [9.17, 15) is 24.0 Å². The summed E-state index contributed by atoms with van der Waals surface area (Å²) in [4.78, 5) is 59.4. The van der Waals surface area contributed by atoms with Gasteiger partial charge in [0.25, 0.3) is 5.91 Å². The lowest BCUT2D eigenvalue weighted by Gasteiger charge is -2.19. The molecule has 2 unspecified atom stereocenters. The molecule has 2 atom stereocenters. The van der Waals surface area contributed by atoms with Crippen LogP contribution in [0, 0.1) is 11.8 Å². The first-order valence-corrected chi connectivity index (χ1v) is 7.91. The number of amides is 4. The van der Waals surface area contributed by atoms with Crippen LogP contribution in [0.1, 0.15) is 32.6 Å². The summed E-state index contributed by atoms with van der Waals surface area (Å²) in [6.07, 6.45) is 2.16. The van der Waals surface area contributed by atoms with Crippen molar-refractivity contribution in [3.63, 3.8) is 0 Å². The van der Waals surface area contributed by atoms with Crippen molar-refractivity contribution in [1.82, 2.24) is 10.2 Å². The van der Waals surface area contributed by atoms with Gasteiger partial charge in [0, 0.05) is 0 Å². The second kappa shape index (κ2) is 7.89. The Kier molecular flexibility index (Phi) is 5.88. The second-order valence-corrected chi connectivity index (χ2v) is 5.69. The minimum atomic E-state index is -0.937. The number of rotatable bonds is 5. The number of ether oxygens (including phenoxy) is 2. The van der Waals surface area contributed by atoms with E-state index in [-0.39, 0.29) is 30.3 Å². The Hall–Kier alpha value is -2.45. The normalized spacial score (nSPS) is 22.8. The molecular formula is C15H20N2O7. The summed E-state index contributed by atoms with van der Waals surface area (Å²) >= 11 is 0. The van der Waals surface area contributed by atoms with Crippen LogP contribution in [0.5, 0.6) is 0 Å². The molecule has 0 aromatic heterocycles. The van der Waals surface area contributed by atoms with Crippen LogP contribution in [0.15, 0.2) is 0 Å². The Morgan fingerprint density at radius 1 is 1.08 bits per heavy atom. The maximum Gasteiger partial charge on any atom is 0.413 e. The van der Waals surface area contributed by atoms with E-state index < -0.39 is 31.1 Å². The van der Waals surface area contributed by atoms with Gasteiger partial charge in [-0.15, -0.1) is 0 Å². The van der Waals surface area contributed by atoms with Crippen molar-refractivity contribution < 1.29 is 33.4 Å². The molecule has 0 aromatic carbocycles. The van der Waals surface area contributed by atoms with Gasteiger partial charge in [-0.3, -0.25) is 29.4 Å². The fourth-order valence-electron chi connectivity index (χ4n) is 3.02. The molecule has 9 nitrogen and oxygen atoms in total. The van der Waals surface area contributed by atoms with Crippen LogP contribution in [0.4, 0.5) is 4.79 Å². The van der Waals surface area contributed by atoms with Crippen LogP contribution in [-0.4, -0.2) is 54.4 Å². The Bertz CT molecular complexity index is 536. The van der Waals surface area contributed by atoms with Crippen molar-refractivity contribution in [2.45, 2.75) is 32.6 Å². The highest BCUT2D eigenvalue weighted by Crippen LogP contribution is 2.37. The summed E-state index contributed by atoms with van der Waals surface area (Å²) in [6.45, 7) is 0.463. The molecule has 1 aliphatic carbocycles. The number of carbonyl (C=O) groups excluding carboxylic acids is 5. The minimum absolute atomic E-state index is 0.0976. The van der Waals surface area contributed by atoms with E-state index in [1.807, 2.05) is 5.32 Å². The Balaban J connectivity index is 1.80. The number of nitrogens with one attached hydrogen (secondary N) is 1. The number of alkyl carbamates (subject to hydrolysis) is 1. The van der Waals surface area contributed by atoms with Gasteiger partial charge in [-0.05, 0) is 19.8 Å². The average molecular weight is 340 g/mol. The summed E-state index contributed by atoms with van der Waals surface area (Å²) in [5.41, 5.74) is 0. The first-order chi connectivity index (χ1) is 11.4. The Morgan fingerprint density at radius 2 is 1.67 bits per heavy atom. The van der Waals surface area contributed by atoms with Gasteiger partial charge in [-0.1, -0.05) is 12.8 Å². The summed E-state index contributed by atoms with van der Waals surface area (Å²) in [7, 11) is 0. The van der Waals surface area contributed by atoms with Crippen LogP contribution >= 0.6 is 0 Å². The fraction of sp³-hybridized carbons (Fsp3) is 0.667. The Labute approximate surface area is 138 Å². The van der Waals surface area contributed by atoms with E-state index in [0.29, 0.717) is 12.8 Å². The fourth-order valence-corrected chi connectivity index (χ4v) is 3.02. The van der Waals surface area contributed by atoms with E-state index in [0.717, 1.165) is 17.7 Å². The van der Waals surface area contributed by atoms with E-state index in [1.165, 1.54) is 0 Å². The molecule has 9 heteroatoms. The molecule has 2 aliphatic rings. The van der Waals surface area contributed by atoms with Crippen LogP contribution < -0.4 is 5.32 Å². The second-order valence-electron chi connectivity index (χ2n) is 5.69. The van der Waals surface area contributed by atoms with Crippen molar-refractivity contribution in [1.29, 1.82) is 0 Å². The minimum Gasteiger partial charge on any atom is -0.454 e. The molecule has 24 heavy (non-hydrogen) atoms. The van der Waals surface area contributed by atoms with E-state index in [2.05, 4.69) is 9.47 Å². The highest BCUT2D eigenvalue weighted by molar-refractivity contribution is 6.07. The number of esters is 1. The smallest absolute Gasteiger partial charge is 0.413 e. The molecular weight excluding hydrogens is 320 g/mol. The average Bonchev–Trinajstić information content (AvgIpc) is 2.79. The zero-order chi connectivity index (χ0) is 17.7. The molecule has 0 aromatic rings. The van der Waals surface area contributed by atoms with Crippen molar-refractivity contribution in [3.8, 4) is 0 Å². The number of hydrogen-bond donors (Lipinski definition) is 1. The van der Waals surface area contributed by atoms with Gasteiger partial charge in [0.05, 0.1) is 18.4 Å². The maximum atomic E-state index is 12.2. The highest BCUT2D eigenvalue weighted by atomic mass is 16.6. The predicted molar refractivity (Wildman–Crippen MR) is 78.3 cm³/mol. The lowest BCUT2D eigenvalue weighted by molar-refractivity contribution is -0.154. The van der Waals surface area contributed by atoms with Gasteiger partial charge in [-0.2, -0.15) is 0 Å². The largest absolute Gasteiger partial charge is 0.454 e. The standard InChI is InChI=1S/C15H20N2O7/c1-2-23-15(22)16-11(18)8-24-12(19)7-17-13(20)9-5-3-4-6-10(9)14(17)21/h9-10H,2-8H2,1H3,(H,16,18,22). The summed E-state index contributed by atoms with van der Waals surface area (Å²) in [5, 5.41) is 1.86. The molecule has 1 aliphatic heterocycles. The van der Waals surface area contributed by atoms with Gasteiger partial charge >= 0.3 is 12.1 Å². The van der Waals surface area contributed by atoms with E-state index >= 15 is 0 Å². The van der Waals surface area contributed by atoms with Gasteiger partial charge in [0.2, 0.25) is 11.8 Å². The quantitative estimate of drug-likeness (QED) is 0.551. The van der Waals surface area contributed by atoms with Gasteiger partial charge in [-0.25, -0.2) is 4.79 Å². The van der Waals surface area contributed by atoms with Crippen LogP contribution in [0.2, 0.25) is 0 Å². The van der Waals surface area contributed by atoms with E-state index in [1.54, 1.807) is 6.92 Å². The predicted octanol–water partition coefficient (Wildman–Crippen LogP) is -0.0225. The van der Waals surface area contributed by atoms with Crippen molar-refractivity contribution in [3.05, 3.63) is 0 Å². The van der Waals surface area contributed by atoms with Crippen molar-refractivity contribution in [2.75, 3.05) is 19.8 Å². The van der Waals surface area contributed by atoms with Gasteiger partial charge in [0.15, 0.2) is 6.61 Å². The zero-order valence-electron chi connectivity index (χ0n) is 13.4. The Morgan fingerprint density at radius 3 is 2.21 bits per heavy atom. The third kappa shape index (κ3) is 4.09. The molecule has 2 fully saturated rings. The zero-order valence-corrected chi connectivity index (χ0v) is 13.4. The summed E-state index contributed by atoms with van der Waals surface area (Å²) < 4.78 is 9.19. The molecule has 0 bridgehead atoms. The van der Waals surface area contributed by atoms with E-state index in [4.69, 9.17) is 0 Å². The highest BCUT2D eigenvalue weighted by Gasteiger charge is 2.48. The third-order valence-corrected chi connectivity index (χ3v) is 4.10. The molecule has 132 valence electrons. The third-order valence-electron chi connectivity index (χ3n) is 4.10. The first-order valence-electron chi connectivity index (χ1n) is 7.91. The van der Waals surface area contributed by atoms with Crippen LogP contribution in [0.25, 0.3) is 0 Å². The number of nitrogens with zero attached hydrogens (tertiary/aromatic N) is 1. The first kappa shape index (κ1) is 17.9. The van der Waals surface area contributed by atoms with Gasteiger partial charge in [0.1, 0.15) is 6.54 Å². The molecule has 1 saturated heterocycles.